The molecule has 1 aliphatic heterocycles. The molecule has 4 nitrogen and oxygen atoms in total. The first-order valence-electron chi connectivity index (χ1n) is 7.75. The molecule has 1 aliphatic rings. The number of nitrogens with zero attached hydrogens (tertiary/aromatic N) is 1. The Morgan fingerprint density at radius 3 is 2.67 bits per heavy atom. The topological polar surface area (TPSA) is 52.6 Å². The van der Waals surface area contributed by atoms with Crippen molar-refractivity contribution >= 4 is 5.91 Å². The lowest BCUT2D eigenvalue weighted by Crippen LogP contribution is -2.39. The number of carbonyl (C=O) groups excluding carboxylic acids is 1. The minimum absolute atomic E-state index is 0.0513. The van der Waals surface area contributed by atoms with Crippen LogP contribution in [0.4, 0.5) is 0 Å². The standard InChI is InChI=1S/C17H26N2O2/c1-12-4-5-16(17(21)10-12)13(2)19-8-6-15(7-9-19)11-18-14(3)20/h4-5,10,13,15,21H,6-9,11H2,1-3H3,(H,18,20). The number of phenols is 1. The highest BCUT2D eigenvalue weighted by atomic mass is 16.3. The summed E-state index contributed by atoms with van der Waals surface area (Å²) < 4.78 is 0. The summed E-state index contributed by atoms with van der Waals surface area (Å²) in [6, 6.07) is 6.13. The van der Waals surface area contributed by atoms with E-state index in [2.05, 4.69) is 23.2 Å². The number of amides is 1. The van der Waals surface area contributed by atoms with Crippen LogP contribution in [0, 0.1) is 12.8 Å². The summed E-state index contributed by atoms with van der Waals surface area (Å²) in [5, 5.41) is 13.0. The Labute approximate surface area is 127 Å². The van der Waals surface area contributed by atoms with E-state index >= 15 is 0 Å². The van der Waals surface area contributed by atoms with Crippen LogP contribution in [0.3, 0.4) is 0 Å². The molecule has 1 heterocycles. The molecule has 21 heavy (non-hydrogen) atoms. The Kier molecular flexibility index (Phi) is 5.23. The van der Waals surface area contributed by atoms with E-state index < -0.39 is 0 Å². The fraction of sp³-hybridized carbons (Fsp3) is 0.588. The van der Waals surface area contributed by atoms with Gasteiger partial charge in [0.15, 0.2) is 0 Å². The van der Waals surface area contributed by atoms with Gasteiger partial charge in [0.25, 0.3) is 0 Å². The van der Waals surface area contributed by atoms with Crippen molar-refractivity contribution in [1.82, 2.24) is 10.2 Å². The molecule has 0 spiro atoms. The van der Waals surface area contributed by atoms with Gasteiger partial charge in [-0.15, -0.1) is 0 Å². The molecule has 0 aliphatic carbocycles. The third-order valence-electron chi connectivity index (χ3n) is 4.47. The van der Waals surface area contributed by atoms with Gasteiger partial charge in [0.2, 0.25) is 5.91 Å². The first-order valence-corrected chi connectivity index (χ1v) is 7.75. The van der Waals surface area contributed by atoms with Crippen LogP contribution >= 0.6 is 0 Å². The summed E-state index contributed by atoms with van der Waals surface area (Å²) in [6.45, 7) is 8.52. The minimum atomic E-state index is 0.0513. The molecule has 0 bridgehead atoms. The van der Waals surface area contributed by atoms with Crippen LogP contribution in [0.1, 0.15) is 43.9 Å². The maximum Gasteiger partial charge on any atom is 0.216 e. The van der Waals surface area contributed by atoms with Gasteiger partial charge < -0.3 is 10.4 Å². The van der Waals surface area contributed by atoms with Crippen molar-refractivity contribution in [3.8, 4) is 5.75 Å². The van der Waals surface area contributed by atoms with Gasteiger partial charge >= 0.3 is 0 Å². The molecule has 0 radical (unpaired) electrons. The molecule has 1 aromatic rings. The van der Waals surface area contributed by atoms with Crippen LogP contribution < -0.4 is 5.32 Å². The molecule has 1 atom stereocenters. The molecule has 1 amide bonds. The second-order valence-electron chi connectivity index (χ2n) is 6.15. The first kappa shape index (κ1) is 15.8. The molecule has 2 rings (SSSR count). The fourth-order valence-electron chi connectivity index (χ4n) is 3.04. The highest BCUT2D eigenvalue weighted by Gasteiger charge is 2.24. The number of rotatable bonds is 4. The SMILES string of the molecule is CC(=O)NCC1CCN(C(C)c2ccc(C)cc2O)CC1. The first-order chi connectivity index (χ1) is 9.97. The number of piperidine rings is 1. The van der Waals surface area contributed by atoms with Crippen molar-refractivity contribution in [3.63, 3.8) is 0 Å². The maximum absolute atomic E-state index is 11.0. The lowest BCUT2D eigenvalue weighted by molar-refractivity contribution is -0.119. The molecule has 1 aromatic carbocycles. The van der Waals surface area contributed by atoms with Gasteiger partial charge in [-0.3, -0.25) is 9.69 Å². The summed E-state index contributed by atoms with van der Waals surface area (Å²) in [5.41, 5.74) is 2.08. The van der Waals surface area contributed by atoms with E-state index in [1.165, 1.54) is 0 Å². The average Bonchev–Trinajstić information content (AvgIpc) is 2.45. The molecule has 4 heteroatoms. The molecule has 1 saturated heterocycles. The van der Waals surface area contributed by atoms with Gasteiger partial charge in [0.05, 0.1) is 0 Å². The zero-order chi connectivity index (χ0) is 15.4. The van der Waals surface area contributed by atoms with Crippen molar-refractivity contribution in [3.05, 3.63) is 29.3 Å². The van der Waals surface area contributed by atoms with E-state index in [1.807, 2.05) is 19.1 Å². The van der Waals surface area contributed by atoms with Crippen LogP contribution in [0.25, 0.3) is 0 Å². The summed E-state index contributed by atoms with van der Waals surface area (Å²) in [6.07, 6.45) is 2.19. The monoisotopic (exact) mass is 290 g/mol. The fourth-order valence-corrected chi connectivity index (χ4v) is 3.04. The van der Waals surface area contributed by atoms with Crippen LogP contribution in [-0.2, 0) is 4.79 Å². The normalized spacial score (nSPS) is 18.4. The number of carbonyl (C=O) groups is 1. The Bertz CT molecular complexity index is 494. The number of likely N-dealkylation sites (tertiary alicyclic amines) is 1. The van der Waals surface area contributed by atoms with Crippen LogP contribution in [0.5, 0.6) is 5.75 Å². The summed E-state index contributed by atoms with van der Waals surface area (Å²) in [4.78, 5) is 13.4. The molecule has 0 saturated carbocycles. The van der Waals surface area contributed by atoms with Gasteiger partial charge in [-0.25, -0.2) is 0 Å². The lowest BCUT2D eigenvalue weighted by Gasteiger charge is -2.36. The van der Waals surface area contributed by atoms with Gasteiger partial charge in [-0.05, 0) is 57.3 Å². The number of phenolic OH excluding ortho intramolecular Hbond substituents is 1. The number of hydrogen-bond acceptors (Lipinski definition) is 3. The Balaban J connectivity index is 1.90. The van der Waals surface area contributed by atoms with Gasteiger partial charge in [-0.1, -0.05) is 12.1 Å². The van der Waals surface area contributed by atoms with Crippen LogP contribution in [0.15, 0.2) is 18.2 Å². The van der Waals surface area contributed by atoms with Crippen LogP contribution in [-0.4, -0.2) is 35.5 Å². The van der Waals surface area contributed by atoms with E-state index in [1.54, 1.807) is 6.92 Å². The quantitative estimate of drug-likeness (QED) is 0.896. The van der Waals surface area contributed by atoms with E-state index in [-0.39, 0.29) is 11.9 Å². The van der Waals surface area contributed by atoms with Crippen LogP contribution in [0.2, 0.25) is 0 Å². The van der Waals surface area contributed by atoms with Crippen molar-refractivity contribution in [2.75, 3.05) is 19.6 Å². The van der Waals surface area contributed by atoms with Gasteiger partial charge in [0, 0.05) is 25.1 Å². The molecule has 1 unspecified atom stereocenters. The molecule has 1 fully saturated rings. The average molecular weight is 290 g/mol. The number of aromatic hydroxyl groups is 1. The zero-order valence-electron chi connectivity index (χ0n) is 13.2. The largest absolute Gasteiger partial charge is 0.508 e. The Morgan fingerprint density at radius 2 is 2.10 bits per heavy atom. The highest BCUT2D eigenvalue weighted by Crippen LogP contribution is 2.31. The number of aryl methyl sites for hydroxylation is 1. The Hall–Kier alpha value is -1.55. The molecule has 2 N–H and O–H groups in total. The van der Waals surface area contributed by atoms with E-state index in [9.17, 15) is 9.90 Å². The molecular weight excluding hydrogens is 264 g/mol. The van der Waals surface area contributed by atoms with Crippen molar-refractivity contribution in [2.24, 2.45) is 5.92 Å². The number of benzene rings is 1. The van der Waals surface area contributed by atoms with Gasteiger partial charge in [0.1, 0.15) is 5.75 Å². The number of hydrogen-bond donors (Lipinski definition) is 2. The Morgan fingerprint density at radius 1 is 1.43 bits per heavy atom. The van der Waals surface area contributed by atoms with Gasteiger partial charge in [-0.2, -0.15) is 0 Å². The second kappa shape index (κ2) is 6.94. The summed E-state index contributed by atoms with van der Waals surface area (Å²) in [5.74, 6) is 1.02. The molecule has 0 aromatic heterocycles. The second-order valence-corrected chi connectivity index (χ2v) is 6.15. The van der Waals surface area contributed by atoms with E-state index in [4.69, 9.17) is 0 Å². The molecule has 116 valence electrons. The third kappa shape index (κ3) is 4.21. The maximum atomic E-state index is 11.0. The summed E-state index contributed by atoms with van der Waals surface area (Å²) >= 11 is 0. The lowest BCUT2D eigenvalue weighted by atomic mass is 9.94. The predicted molar refractivity (Wildman–Crippen MR) is 84.2 cm³/mol. The van der Waals surface area contributed by atoms with Crippen molar-refractivity contribution in [1.29, 1.82) is 0 Å². The van der Waals surface area contributed by atoms with E-state index in [0.29, 0.717) is 11.7 Å². The predicted octanol–water partition coefficient (Wildman–Crippen LogP) is 2.61. The van der Waals surface area contributed by atoms with Crippen molar-refractivity contribution in [2.45, 2.75) is 39.7 Å². The van der Waals surface area contributed by atoms with E-state index in [0.717, 1.165) is 43.6 Å². The smallest absolute Gasteiger partial charge is 0.216 e. The summed E-state index contributed by atoms with van der Waals surface area (Å²) in [7, 11) is 0. The minimum Gasteiger partial charge on any atom is -0.508 e. The molecular formula is C17H26N2O2. The number of nitrogens with one attached hydrogen (secondary N) is 1. The highest BCUT2D eigenvalue weighted by molar-refractivity contribution is 5.72. The zero-order valence-corrected chi connectivity index (χ0v) is 13.2. The third-order valence-corrected chi connectivity index (χ3v) is 4.47. The van der Waals surface area contributed by atoms with Crippen molar-refractivity contribution < 1.29 is 9.90 Å².